The summed E-state index contributed by atoms with van der Waals surface area (Å²) in [6.45, 7) is 13.1. The predicted molar refractivity (Wildman–Crippen MR) is 160 cm³/mol. The van der Waals surface area contributed by atoms with Crippen LogP contribution in [0.5, 0.6) is 0 Å². The number of hydrogen-bond acceptors (Lipinski definition) is 6. The molecule has 42 heavy (non-hydrogen) atoms. The van der Waals surface area contributed by atoms with Crippen molar-refractivity contribution < 1.29 is 29.6 Å². The van der Waals surface area contributed by atoms with Crippen LogP contribution >= 0.6 is 0 Å². The highest BCUT2D eigenvalue weighted by Crippen LogP contribution is 2.87. The fourth-order valence-electron chi connectivity index (χ4n) is 12.5. The number of carboxylic acid groups (broad SMARTS) is 1. The Morgan fingerprint density at radius 2 is 1.71 bits per heavy atom. The van der Waals surface area contributed by atoms with Crippen LogP contribution in [0.4, 0.5) is 0 Å². The zero-order valence-electron chi connectivity index (χ0n) is 26.6. The summed E-state index contributed by atoms with van der Waals surface area (Å²) in [5.41, 5.74) is 9.05. The van der Waals surface area contributed by atoms with Crippen LogP contribution in [0, 0.1) is 44.8 Å². The fraction of sp³-hybridized carbons (Fsp3) is 0.829. The summed E-state index contributed by atoms with van der Waals surface area (Å²) < 4.78 is 6.04. The molecule has 0 saturated heterocycles. The Kier molecular flexibility index (Phi) is 6.97. The van der Waals surface area contributed by atoms with E-state index in [0.29, 0.717) is 31.4 Å². The van der Waals surface area contributed by atoms with E-state index in [-0.39, 0.29) is 50.8 Å². The highest BCUT2D eigenvalue weighted by molar-refractivity contribution is 5.89. The predicted octanol–water partition coefficient (Wildman–Crippen LogP) is 5.53. The molecular formula is C35H53NO6. The number of aliphatic hydroxyl groups is 2. The van der Waals surface area contributed by atoms with Crippen molar-refractivity contribution in [1.29, 1.82) is 0 Å². The molecule has 2 unspecified atom stereocenters. The van der Waals surface area contributed by atoms with E-state index in [9.17, 15) is 24.9 Å². The first-order valence-electron chi connectivity index (χ1n) is 16.5. The van der Waals surface area contributed by atoms with Gasteiger partial charge in [0.2, 0.25) is 0 Å². The SMILES string of the molecule is CC(=O)O[C@H]1C[C@@]2(C)[C@@H](C[C@@H](O)[C@@H]3[C@]2(C)CC[C@@]24CC2(CN)[C@H](O)CC[C@]34C)/C1=C(/C(=O)O)C1CCCC(=C(C)C)C1. The van der Waals surface area contributed by atoms with E-state index in [4.69, 9.17) is 10.5 Å². The molecule has 5 N–H and O–H groups in total. The van der Waals surface area contributed by atoms with E-state index in [1.165, 1.54) is 18.1 Å². The Hall–Kier alpha value is -1.70. The van der Waals surface area contributed by atoms with Gasteiger partial charge in [-0.05, 0) is 129 Å². The van der Waals surface area contributed by atoms with Crippen LogP contribution in [0.15, 0.2) is 22.3 Å². The molecule has 1 spiro atoms. The van der Waals surface area contributed by atoms with Gasteiger partial charge in [-0.2, -0.15) is 0 Å². The number of carboxylic acids is 1. The number of ether oxygens (including phenoxy) is 1. The maximum Gasteiger partial charge on any atom is 0.331 e. The zero-order chi connectivity index (χ0) is 30.6. The molecule has 11 atom stereocenters. The third-order valence-electron chi connectivity index (χ3n) is 14.7. The van der Waals surface area contributed by atoms with E-state index in [0.717, 1.165) is 56.9 Å². The van der Waals surface area contributed by atoms with Crippen LogP contribution in [-0.2, 0) is 14.3 Å². The monoisotopic (exact) mass is 583 g/mol. The van der Waals surface area contributed by atoms with Gasteiger partial charge in [-0.15, -0.1) is 0 Å². The third-order valence-corrected chi connectivity index (χ3v) is 14.7. The number of allylic oxidation sites excluding steroid dienone is 2. The van der Waals surface area contributed by atoms with Gasteiger partial charge in [-0.1, -0.05) is 31.9 Å². The van der Waals surface area contributed by atoms with Gasteiger partial charge in [0.25, 0.3) is 0 Å². The summed E-state index contributed by atoms with van der Waals surface area (Å²) in [4.78, 5) is 25.7. The molecule has 0 aliphatic heterocycles. The smallest absolute Gasteiger partial charge is 0.331 e. The minimum absolute atomic E-state index is 0.00140. The first-order valence-corrected chi connectivity index (χ1v) is 16.5. The molecule has 0 aromatic heterocycles. The fourth-order valence-corrected chi connectivity index (χ4v) is 12.5. The molecular weight excluding hydrogens is 530 g/mol. The Labute approximate surface area is 251 Å². The molecule has 0 aromatic rings. The van der Waals surface area contributed by atoms with E-state index < -0.39 is 24.3 Å². The van der Waals surface area contributed by atoms with E-state index in [2.05, 4.69) is 34.6 Å². The zero-order valence-corrected chi connectivity index (χ0v) is 26.6. The first-order chi connectivity index (χ1) is 19.6. The van der Waals surface area contributed by atoms with Crippen LogP contribution in [0.3, 0.4) is 0 Å². The van der Waals surface area contributed by atoms with Gasteiger partial charge in [0, 0.05) is 24.5 Å². The third kappa shape index (κ3) is 3.68. The van der Waals surface area contributed by atoms with Gasteiger partial charge < -0.3 is 25.8 Å². The second kappa shape index (κ2) is 9.65. The Bertz CT molecular complexity index is 1250. The largest absolute Gasteiger partial charge is 0.478 e. The standard InChI is InChI=1S/C35H53NO6/c1-19(2)21-8-7-9-22(14-21)27(30(40)41)28-23-15-24(38)29-31(4,33(23,6)16-25(28)42-20(3)37)12-13-35-17-34(35,18-36)26(39)10-11-32(29,35)5/h22-26,29,38-39H,7-18,36H2,1-6H3,(H,40,41)/b28-27-/t22?,23-,24+,25-,26+,29+,31-,32+,33-,34?,35-/m0/s1. The first kappa shape index (κ1) is 30.3. The molecule has 234 valence electrons. The lowest BCUT2D eigenvalue weighted by Crippen LogP contribution is -2.66. The lowest BCUT2D eigenvalue weighted by Gasteiger charge is -2.69. The molecule has 0 heterocycles. The topological polar surface area (TPSA) is 130 Å². The molecule has 6 fully saturated rings. The summed E-state index contributed by atoms with van der Waals surface area (Å²) >= 11 is 0. The van der Waals surface area contributed by atoms with Gasteiger partial charge in [-0.25, -0.2) is 4.79 Å². The second-order valence-corrected chi connectivity index (χ2v) is 16.1. The minimum atomic E-state index is -0.908. The van der Waals surface area contributed by atoms with E-state index in [1.54, 1.807) is 0 Å². The Morgan fingerprint density at radius 3 is 2.33 bits per heavy atom. The Morgan fingerprint density at radius 1 is 1.00 bits per heavy atom. The summed E-state index contributed by atoms with van der Waals surface area (Å²) in [7, 11) is 0. The maximum absolute atomic E-state index is 13.2. The van der Waals surface area contributed by atoms with Crippen LogP contribution < -0.4 is 5.73 Å². The van der Waals surface area contributed by atoms with Crippen molar-refractivity contribution in [3.8, 4) is 0 Å². The summed E-state index contributed by atoms with van der Waals surface area (Å²) in [6, 6.07) is 0. The number of esters is 1. The molecule has 0 amide bonds. The molecule has 6 saturated carbocycles. The average molecular weight is 584 g/mol. The molecule has 6 aliphatic rings. The lowest BCUT2D eigenvalue weighted by atomic mass is 9.36. The lowest BCUT2D eigenvalue weighted by molar-refractivity contribution is -0.238. The Balaban J connectivity index is 1.47. The number of hydrogen-bond donors (Lipinski definition) is 4. The summed E-state index contributed by atoms with van der Waals surface area (Å²) in [5.74, 6) is -1.59. The molecule has 0 radical (unpaired) electrons. The van der Waals surface area contributed by atoms with Crippen molar-refractivity contribution in [1.82, 2.24) is 0 Å². The van der Waals surface area contributed by atoms with Crippen molar-refractivity contribution in [2.24, 2.45) is 50.6 Å². The molecule has 0 aromatic carbocycles. The molecule has 6 aliphatic carbocycles. The van der Waals surface area contributed by atoms with Crippen LogP contribution in [-0.4, -0.2) is 52.1 Å². The molecule has 0 bridgehead atoms. The normalized spacial score (nSPS) is 50.5. The number of aliphatic carboxylic acids is 1. The maximum atomic E-state index is 13.2. The van der Waals surface area contributed by atoms with Crippen molar-refractivity contribution in [2.45, 2.75) is 130 Å². The number of fused-ring (bicyclic) bond motifs is 4. The number of rotatable bonds is 4. The molecule has 7 nitrogen and oxygen atoms in total. The second-order valence-electron chi connectivity index (χ2n) is 16.1. The highest BCUT2D eigenvalue weighted by Gasteiger charge is 2.83. The number of aliphatic hydroxyl groups excluding tert-OH is 2. The number of carbonyl (C=O) groups excluding carboxylic acids is 1. The molecule has 7 heteroatoms. The summed E-state index contributed by atoms with van der Waals surface area (Å²) in [5, 5.41) is 34.2. The van der Waals surface area contributed by atoms with Crippen molar-refractivity contribution in [3.63, 3.8) is 0 Å². The van der Waals surface area contributed by atoms with Gasteiger partial charge in [0.05, 0.1) is 12.2 Å². The van der Waals surface area contributed by atoms with E-state index >= 15 is 0 Å². The number of carbonyl (C=O) groups is 2. The van der Waals surface area contributed by atoms with Crippen molar-refractivity contribution in [3.05, 3.63) is 22.3 Å². The van der Waals surface area contributed by atoms with Crippen molar-refractivity contribution >= 4 is 11.9 Å². The van der Waals surface area contributed by atoms with Gasteiger partial charge >= 0.3 is 11.9 Å². The van der Waals surface area contributed by atoms with E-state index in [1.807, 2.05) is 0 Å². The van der Waals surface area contributed by atoms with Crippen LogP contribution in [0.25, 0.3) is 0 Å². The summed E-state index contributed by atoms with van der Waals surface area (Å²) in [6.07, 6.45) is 7.30. The van der Waals surface area contributed by atoms with Gasteiger partial charge in [-0.3, -0.25) is 4.79 Å². The van der Waals surface area contributed by atoms with Crippen molar-refractivity contribution in [2.75, 3.05) is 6.54 Å². The minimum Gasteiger partial charge on any atom is -0.478 e. The molecule has 6 rings (SSSR count). The van der Waals surface area contributed by atoms with Gasteiger partial charge in [0.15, 0.2) is 0 Å². The van der Waals surface area contributed by atoms with Crippen LogP contribution in [0.1, 0.15) is 112 Å². The van der Waals surface area contributed by atoms with Gasteiger partial charge in [0.1, 0.15) is 6.10 Å². The van der Waals surface area contributed by atoms with Crippen LogP contribution in [0.2, 0.25) is 0 Å². The average Bonchev–Trinajstić information content (AvgIpc) is 3.54. The highest BCUT2D eigenvalue weighted by atomic mass is 16.5. The number of nitrogens with two attached hydrogens (primary N) is 1. The quantitative estimate of drug-likeness (QED) is 0.195.